The van der Waals surface area contributed by atoms with E-state index in [1.807, 2.05) is 79.0 Å². The minimum Gasteiger partial charge on any atom is -0.456 e. The number of hydrogen-bond acceptors (Lipinski definition) is 4. The van der Waals surface area contributed by atoms with Crippen molar-refractivity contribution in [2.45, 2.75) is 6.92 Å². The van der Waals surface area contributed by atoms with Crippen molar-refractivity contribution in [3.8, 4) is 11.3 Å². The Labute approximate surface area is 190 Å². The van der Waals surface area contributed by atoms with Gasteiger partial charge in [0.15, 0.2) is 0 Å². The van der Waals surface area contributed by atoms with Crippen molar-refractivity contribution in [3.63, 3.8) is 0 Å². The van der Waals surface area contributed by atoms with Crippen LogP contribution in [-0.2, 0) is 0 Å². The van der Waals surface area contributed by atoms with Gasteiger partial charge in [-0.1, -0.05) is 18.7 Å². The Bertz CT molecular complexity index is 1670. The molecule has 0 fully saturated rings. The summed E-state index contributed by atoms with van der Waals surface area (Å²) in [5.41, 5.74) is 7.23. The van der Waals surface area contributed by atoms with Crippen LogP contribution < -0.4 is 0 Å². The van der Waals surface area contributed by atoms with Gasteiger partial charge in [-0.05, 0) is 79.2 Å². The molecule has 0 aliphatic carbocycles. The summed E-state index contributed by atoms with van der Waals surface area (Å²) in [5.74, 6) is 0.796. The molecule has 0 aliphatic heterocycles. The van der Waals surface area contributed by atoms with Crippen LogP contribution in [0.3, 0.4) is 0 Å². The van der Waals surface area contributed by atoms with Gasteiger partial charge in [0.1, 0.15) is 22.5 Å². The van der Waals surface area contributed by atoms with Crippen LogP contribution in [0, 0.1) is 6.92 Å². The van der Waals surface area contributed by atoms with Crippen molar-refractivity contribution in [2.75, 3.05) is 0 Å². The first-order valence-corrected chi connectivity index (χ1v) is 10.8. The molecule has 4 heteroatoms. The average Bonchev–Trinajstić information content (AvgIpc) is 3.40. The lowest BCUT2D eigenvalue weighted by atomic mass is 10.0. The molecule has 4 heterocycles. The van der Waals surface area contributed by atoms with Gasteiger partial charge in [-0.15, -0.1) is 0 Å². The molecule has 0 aliphatic rings. The SMILES string of the molecule is C=C(/C=C\c1oc2ccc3oc4ccc(-c5ccccn5)cc4c3c2c1C)c1ccccn1. The number of nitrogens with zero attached hydrogens (tertiary/aromatic N) is 2. The number of aryl methyl sites for hydroxylation is 1. The van der Waals surface area contributed by atoms with Crippen molar-refractivity contribution >= 4 is 44.6 Å². The quantitative estimate of drug-likeness (QED) is 0.269. The zero-order valence-corrected chi connectivity index (χ0v) is 18.1. The summed E-state index contributed by atoms with van der Waals surface area (Å²) in [6.07, 6.45) is 7.47. The van der Waals surface area contributed by atoms with Gasteiger partial charge in [0.05, 0.1) is 11.4 Å². The van der Waals surface area contributed by atoms with Gasteiger partial charge in [0, 0.05) is 39.7 Å². The monoisotopic (exact) mass is 428 g/mol. The molecule has 6 rings (SSSR count). The van der Waals surface area contributed by atoms with Crippen molar-refractivity contribution in [1.82, 2.24) is 9.97 Å². The fraction of sp³-hybridized carbons (Fsp3) is 0.0345. The first kappa shape index (κ1) is 19.3. The van der Waals surface area contributed by atoms with Crippen LogP contribution in [0.25, 0.3) is 55.8 Å². The van der Waals surface area contributed by atoms with Gasteiger partial charge in [-0.25, -0.2) is 0 Å². The highest BCUT2D eigenvalue weighted by Gasteiger charge is 2.17. The predicted octanol–water partition coefficient (Wildman–Crippen LogP) is 7.82. The molecule has 0 spiro atoms. The van der Waals surface area contributed by atoms with E-state index >= 15 is 0 Å². The highest BCUT2D eigenvalue weighted by Crippen LogP contribution is 2.40. The third-order valence-electron chi connectivity index (χ3n) is 5.95. The molecule has 0 radical (unpaired) electrons. The van der Waals surface area contributed by atoms with E-state index in [4.69, 9.17) is 8.83 Å². The lowest BCUT2D eigenvalue weighted by molar-refractivity contribution is 0.601. The Hall–Kier alpha value is -4.44. The van der Waals surface area contributed by atoms with E-state index in [-0.39, 0.29) is 0 Å². The van der Waals surface area contributed by atoms with E-state index in [2.05, 4.69) is 29.5 Å². The lowest BCUT2D eigenvalue weighted by Crippen LogP contribution is -1.83. The number of furan rings is 2. The summed E-state index contributed by atoms with van der Waals surface area (Å²) in [6, 6.07) is 21.9. The van der Waals surface area contributed by atoms with Gasteiger partial charge in [0.25, 0.3) is 0 Å². The second-order valence-corrected chi connectivity index (χ2v) is 8.00. The molecule has 33 heavy (non-hydrogen) atoms. The largest absolute Gasteiger partial charge is 0.456 e. The van der Waals surface area contributed by atoms with Crippen molar-refractivity contribution in [2.24, 2.45) is 0 Å². The maximum atomic E-state index is 6.22. The average molecular weight is 428 g/mol. The maximum absolute atomic E-state index is 6.22. The summed E-state index contributed by atoms with van der Waals surface area (Å²) < 4.78 is 12.4. The molecule has 0 bridgehead atoms. The Morgan fingerprint density at radius 1 is 0.818 bits per heavy atom. The standard InChI is InChI=1S/C29H20N2O2/c1-18(22-7-3-5-15-30-22)9-11-24-19(2)28-26(32-24)13-14-27-29(28)21-17-20(10-12-25(21)33-27)23-8-4-6-16-31-23/h3-17H,1H2,2H3/b11-9-. The molecular formula is C29H20N2O2. The fourth-order valence-corrected chi connectivity index (χ4v) is 4.29. The first-order valence-electron chi connectivity index (χ1n) is 10.8. The number of hydrogen-bond donors (Lipinski definition) is 0. The minimum absolute atomic E-state index is 0.796. The third kappa shape index (κ3) is 3.24. The van der Waals surface area contributed by atoms with E-state index < -0.39 is 0 Å². The first-order chi connectivity index (χ1) is 16.2. The van der Waals surface area contributed by atoms with Crippen LogP contribution >= 0.6 is 0 Å². The zero-order chi connectivity index (χ0) is 22.4. The Kier molecular flexibility index (Phi) is 4.44. The highest BCUT2D eigenvalue weighted by atomic mass is 16.3. The van der Waals surface area contributed by atoms with Crippen LogP contribution in [0.15, 0.2) is 101 Å². The maximum Gasteiger partial charge on any atom is 0.136 e. The van der Waals surface area contributed by atoms with E-state index in [1.54, 1.807) is 6.20 Å². The Morgan fingerprint density at radius 2 is 1.58 bits per heavy atom. The molecule has 0 saturated carbocycles. The molecule has 0 atom stereocenters. The number of allylic oxidation sites excluding steroid dienone is 2. The van der Waals surface area contributed by atoms with Gasteiger partial charge in [0.2, 0.25) is 0 Å². The molecule has 2 aromatic carbocycles. The third-order valence-corrected chi connectivity index (χ3v) is 5.95. The smallest absolute Gasteiger partial charge is 0.136 e. The zero-order valence-electron chi connectivity index (χ0n) is 18.1. The van der Waals surface area contributed by atoms with E-state index in [9.17, 15) is 0 Å². The second-order valence-electron chi connectivity index (χ2n) is 8.00. The number of fused-ring (bicyclic) bond motifs is 5. The normalized spacial score (nSPS) is 11.8. The summed E-state index contributed by atoms with van der Waals surface area (Å²) in [5, 5.41) is 3.17. The van der Waals surface area contributed by atoms with E-state index in [1.165, 1.54) is 0 Å². The van der Waals surface area contributed by atoms with Crippen LogP contribution in [0.4, 0.5) is 0 Å². The Morgan fingerprint density at radius 3 is 2.33 bits per heavy atom. The molecule has 0 N–H and O–H groups in total. The van der Waals surface area contributed by atoms with Crippen LogP contribution in [0.1, 0.15) is 17.0 Å². The van der Waals surface area contributed by atoms with Crippen LogP contribution in [-0.4, -0.2) is 9.97 Å². The summed E-state index contributed by atoms with van der Waals surface area (Å²) in [4.78, 5) is 8.86. The fourth-order valence-electron chi connectivity index (χ4n) is 4.29. The van der Waals surface area contributed by atoms with Gasteiger partial charge < -0.3 is 8.83 Å². The molecule has 0 amide bonds. The molecule has 0 saturated heterocycles. The van der Waals surface area contributed by atoms with Gasteiger partial charge in [-0.2, -0.15) is 0 Å². The van der Waals surface area contributed by atoms with Crippen molar-refractivity contribution in [3.05, 3.63) is 109 Å². The molecule has 158 valence electrons. The summed E-state index contributed by atoms with van der Waals surface area (Å²) >= 11 is 0. The van der Waals surface area contributed by atoms with Crippen LogP contribution in [0.2, 0.25) is 0 Å². The van der Waals surface area contributed by atoms with E-state index in [0.717, 1.165) is 66.8 Å². The number of benzene rings is 2. The molecular weight excluding hydrogens is 408 g/mol. The molecule has 0 unspecified atom stereocenters. The minimum atomic E-state index is 0.796. The molecule has 4 aromatic heterocycles. The van der Waals surface area contributed by atoms with Gasteiger partial charge in [-0.3, -0.25) is 9.97 Å². The lowest BCUT2D eigenvalue weighted by Gasteiger charge is -2.00. The van der Waals surface area contributed by atoms with Crippen molar-refractivity contribution < 1.29 is 8.83 Å². The number of aromatic nitrogens is 2. The molecule has 4 nitrogen and oxygen atoms in total. The summed E-state index contributed by atoms with van der Waals surface area (Å²) in [7, 11) is 0. The number of rotatable bonds is 4. The number of pyridine rings is 2. The highest BCUT2D eigenvalue weighted by molar-refractivity contribution is 6.19. The Balaban J connectivity index is 1.51. The topological polar surface area (TPSA) is 52.1 Å². The van der Waals surface area contributed by atoms with Crippen LogP contribution in [0.5, 0.6) is 0 Å². The molecule has 6 aromatic rings. The van der Waals surface area contributed by atoms with Gasteiger partial charge >= 0.3 is 0 Å². The van der Waals surface area contributed by atoms with E-state index in [0.29, 0.717) is 0 Å². The second kappa shape index (κ2) is 7.61. The summed E-state index contributed by atoms with van der Waals surface area (Å²) in [6.45, 7) is 6.21. The van der Waals surface area contributed by atoms with Crippen molar-refractivity contribution in [1.29, 1.82) is 0 Å². The predicted molar refractivity (Wildman–Crippen MR) is 134 cm³/mol.